The van der Waals surface area contributed by atoms with Crippen LogP contribution in [0.15, 0.2) is 30.6 Å². The van der Waals surface area contributed by atoms with Crippen LogP contribution in [-0.4, -0.2) is 10.9 Å². The van der Waals surface area contributed by atoms with Crippen LogP contribution in [0.2, 0.25) is 0 Å². The lowest BCUT2D eigenvalue weighted by Crippen LogP contribution is -2.02. The van der Waals surface area contributed by atoms with Crippen molar-refractivity contribution in [3.05, 3.63) is 42.0 Å². The maximum Gasteiger partial charge on any atom is 0.147 e. The molecule has 0 fully saturated rings. The van der Waals surface area contributed by atoms with Crippen molar-refractivity contribution >= 4 is 5.52 Å². The van der Waals surface area contributed by atoms with Gasteiger partial charge in [-0.15, -0.1) is 0 Å². The molecule has 0 aliphatic carbocycles. The number of nitrogens with zero attached hydrogens (tertiary/aromatic N) is 1. The van der Waals surface area contributed by atoms with Gasteiger partial charge in [0.25, 0.3) is 0 Å². The average Bonchev–Trinajstić information content (AvgIpc) is 2.51. The van der Waals surface area contributed by atoms with Crippen molar-refractivity contribution in [1.82, 2.24) is 4.40 Å². The van der Waals surface area contributed by atoms with E-state index in [1.165, 1.54) is 6.07 Å². The number of nitrogens with two attached hydrogens (primary N) is 1. The molecule has 0 bridgehead atoms. The van der Waals surface area contributed by atoms with Crippen molar-refractivity contribution in [2.75, 3.05) is 6.54 Å². The highest BCUT2D eigenvalue weighted by Crippen LogP contribution is 2.16. The topological polar surface area (TPSA) is 30.4 Å². The molecular weight excluding hydrogens is 167 g/mol. The molecule has 2 nitrogen and oxygen atoms in total. The summed E-state index contributed by atoms with van der Waals surface area (Å²) in [5, 5.41) is 0. The summed E-state index contributed by atoms with van der Waals surface area (Å²) in [7, 11) is 0. The Kier molecular flexibility index (Phi) is 2.02. The van der Waals surface area contributed by atoms with Gasteiger partial charge in [-0.25, -0.2) is 4.39 Å². The van der Waals surface area contributed by atoms with Crippen LogP contribution in [0.4, 0.5) is 4.39 Å². The molecule has 3 heteroatoms. The summed E-state index contributed by atoms with van der Waals surface area (Å²) in [5.74, 6) is -0.184. The quantitative estimate of drug-likeness (QED) is 0.743. The molecule has 2 rings (SSSR count). The fraction of sp³-hybridized carbons (Fsp3) is 0.200. The number of hydrogen-bond donors (Lipinski definition) is 1. The van der Waals surface area contributed by atoms with Gasteiger partial charge in [0.05, 0.1) is 5.52 Å². The molecule has 0 radical (unpaired) electrons. The predicted octanol–water partition coefficient (Wildman–Crippen LogP) is 1.58. The molecule has 0 saturated heterocycles. The van der Waals surface area contributed by atoms with E-state index in [1.54, 1.807) is 10.5 Å². The number of hydrogen-bond acceptors (Lipinski definition) is 1. The first-order valence-electron chi connectivity index (χ1n) is 4.27. The third-order valence-corrected chi connectivity index (χ3v) is 2.13. The van der Waals surface area contributed by atoms with Gasteiger partial charge in [0.15, 0.2) is 0 Å². The highest BCUT2D eigenvalue weighted by atomic mass is 19.1. The molecule has 2 N–H and O–H groups in total. The molecule has 2 heterocycles. The Bertz CT molecular complexity index is 420. The fourth-order valence-electron chi connectivity index (χ4n) is 1.55. The van der Waals surface area contributed by atoms with Crippen molar-refractivity contribution in [3.8, 4) is 0 Å². The van der Waals surface area contributed by atoms with Crippen molar-refractivity contribution in [3.63, 3.8) is 0 Å². The predicted molar refractivity (Wildman–Crippen MR) is 50.1 cm³/mol. The van der Waals surface area contributed by atoms with E-state index in [2.05, 4.69) is 0 Å². The van der Waals surface area contributed by atoms with Gasteiger partial charge in [0, 0.05) is 12.4 Å². The summed E-state index contributed by atoms with van der Waals surface area (Å²) in [6.07, 6.45) is 4.40. The van der Waals surface area contributed by atoms with Crippen molar-refractivity contribution in [1.29, 1.82) is 0 Å². The van der Waals surface area contributed by atoms with Gasteiger partial charge >= 0.3 is 0 Å². The molecule has 0 aromatic carbocycles. The Hall–Kier alpha value is -1.35. The van der Waals surface area contributed by atoms with Crippen LogP contribution in [0.25, 0.3) is 5.52 Å². The Labute approximate surface area is 75.8 Å². The Balaban J connectivity index is 2.64. The minimum absolute atomic E-state index is 0.184. The lowest BCUT2D eigenvalue weighted by molar-refractivity contribution is 0.632. The highest BCUT2D eigenvalue weighted by Gasteiger charge is 2.05. The van der Waals surface area contributed by atoms with Crippen LogP contribution in [0, 0.1) is 5.82 Å². The van der Waals surface area contributed by atoms with E-state index >= 15 is 0 Å². The molecule has 13 heavy (non-hydrogen) atoms. The summed E-state index contributed by atoms with van der Waals surface area (Å²) in [6.45, 7) is 0.550. The molecule has 2 aromatic heterocycles. The second-order valence-corrected chi connectivity index (χ2v) is 2.99. The van der Waals surface area contributed by atoms with E-state index in [0.29, 0.717) is 12.1 Å². The van der Waals surface area contributed by atoms with E-state index in [9.17, 15) is 4.39 Å². The normalized spacial score (nSPS) is 10.9. The Morgan fingerprint density at radius 2 is 2.15 bits per heavy atom. The van der Waals surface area contributed by atoms with Crippen LogP contribution >= 0.6 is 0 Å². The zero-order valence-corrected chi connectivity index (χ0v) is 7.20. The van der Waals surface area contributed by atoms with Gasteiger partial charge in [-0.05, 0) is 36.7 Å². The molecule has 0 atom stereocenters. The van der Waals surface area contributed by atoms with Gasteiger partial charge in [0.1, 0.15) is 5.82 Å². The molecule has 68 valence electrons. The zero-order chi connectivity index (χ0) is 9.26. The first kappa shape index (κ1) is 8.26. The second-order valence-electron chi connectivity index (χ2n) is 2.99. The standard InChI is InChI=1S/C10H11FN2/c11-9-2-1-6-13-7-4-8(3-5-12)10(9)13/h1-2,4,6-7H,3,5,12H2. The minimum Gasteiger partial charge on any atom is -0.330 e. The maximum absolute atomic E-state index is 13.3. The lowest BCUT2D eigenvalue weighted by atomic mass is 10.2. The SMILES string of the molecule is NCCc1ccn2cccc(F)c12. The summed E-state index contributed by atoms with van der Waals surface area (Å²) in [5.41, 5.74) is 7.05. The third-order valence-electron chi connectivity index (χ3n) is 2.13. The largest absolute Gasteiger partial charge is 0.330 e. The first-order chi connectivity index (χ1) is 6.33. The van der Waals surface area contributed by atoms with Gasteiger partial charge in [0.2, 0.25) is 0 Å². The fourth-order valence-corrected chi connectivity index (χ4v) is 1.55. The van der Waals surface area contributed by atoms with E-state index in [1.807, 2.05) is 18.5 Å². The highest BCUT2D eigenvalue weighted by molar-refractivity contribution is 5.56. The number of fused-ring (bicyclic) bond motifs is 1. The summed E-state index contributed by atoms with van der Waals surface area (Å²) < 4.78 is 15.1. The number of rotatable bonds is 2. The van der Waals surface area contributed by atoms with Gasteiger partial charge < -0.3 is 10.1 Å². The van der Waals surface area contributed by atoms with Gasteiger partial charge in [-0.1, -0.05) is 0 Å². The van der Waals surface area contributed by atoms with E-state index < -0.39 is 0 Å². The Morgan fingerprint density at radius 1 is 1.31 bits per heavy atom. The molecule has 0 aliphatic heterocycles. The summed E-state index contributed by atoms with van der Waals surface area (Å²) in [4.78, 5) is 0. The van der Waals surface area contributed by atoms with Crippen molar-refractivity contribution in [2.45, 2.75) is 6.42 Å². The number of pyridine rings is 1. The maximum atomic E-state index is 13.3. The van der Waals surface area contributed by atoms with Crippen LogP contribution in [0.1, 0.15) is 5.56 Å². The molecule has 0 spiro atoms. The van der Waals surface area contributed by atoms with Crippen molar-refractivity contribution < 1.29 is 4.39 Å². The smallest absolute Gasteiger partial charge is 0.147 e. The van der Waals surface area contributed by atoms with E-state index in [-0.39, 0.29) is 5.82 Å². The van der Waals surface area contributed by atoms with Gasteiger partial charge in [-0.3, -0.25) is 0 Å². The molecule has 0 amide bonds. The Morgan fingerprint density at radius 3 is 2.92 bits per heavy atom. The zero-order valence-electron chi connectivity index (χ0n) is 7.20. The van der Waals surface area contributed by atoms with Crippen LogP contribution in [0.5, 0.6) is 0 Å². The summed E-state index contributed by atoms with van der Waals surface area (Å²) >= 11 is 0. The third kappa shape index (κ3) is 1.31. The van der Waals surface area contributed by atoms with Crippen LogP contribution in [-0.2, 0) is 6.42 Å². The number of halogens is 1. The van der Waals surface area contributed by atoms with E-state index in [4.69, 9.17) is 5.73 Å². The first-order valence-corrected chi connectivity index (χ1v) is 4.27. The van der Waals surface area contributed by atoms with E-state index in [0.717, 1.165) is 12.0 Å². The molecular formula is C10H11FN2. The molecule has 0 unspecified atom stereocenters. The lowest BCUT2D eigenvalue weighted by Gasteiger charge is -1.99. The van der Waals surface area contributed by atoms with Crippen LogP contribution < -0.4 is 5.73 Å². The number of aromatic nitrogens is 1. The average molecular weight is 178 g/mol. The van der Waals surface area contributed by atoms with Crippen molar-refractivity contribution in [2.24, 2.45) is 5.73 Å². The van der Waals surface area contributed by atoms with Gasteiger partial charge in [-0.2, -0.15) is 0 Å². The van der Waals surface area contributed by atoms with Crippen LogP contribution in [0.3, 0.4) is 0 Å². The second kappa shape index (κ2) is 3.18. The molecule has 0 saturated carbocycles. The monoisotopic (exact) mass is 178 g/mol. The summed E-state index contributed by atoms with van der Waals surface area (Å²) in [6, 6.07) is 5.06. The molecule has 0 aliphatic rings. The minimum atomic E-state index is -0.184. The molecule has 2 aromatic rings.